The minimum Gasteiger partial charge on any atom is -0.495 e. The Morgan fingerprint density at radius 2 is 1.64 bits per heavy atom. The number of benzene rings is 2. The quantitative estimate of drug-likeness (QED) is 0.547. The number of urea groups is 1. The van der Waals surface area contributed by atoms with E-state index in [9.17, 15) is 14.4 Å². The molecule has 1 saturated carbocycles. The maximum absolute atomic E-state index is 13.1. The first-order valence-corrected chi connectivity index (χ1v) is 12.6. The van der Waals surface area contributed by atoms with Gasteiger partial charge in [0, 0.05) is 18.2 Å². The summed E-state index contributed by atoms with van der Waals surface area (Å²) in [7, 11) is 2.95. The zero-order valence-corrected chi connectivity index (χ0v) is 21.2. The number of anilines is 2. The maximum Gasteiger partial charge on any atom is 0.328 e. The number of rotatable bonds is 6. The molecule has 2 fully saturated rings. The van der Waals surface area contributed by atoms with Crippen LogP contribution in [0.5, 0.6) is 5.75 Å². The van der Waals surface area contributed by atoms with Gasteiger partial charge in [-0.05, 0) is 86.8 Å². The molecule has 0 bridgehead atoms. The molecule has 0 radical (unpaired) electrons. The summed E-state index contributed by atoms with van der Waals surface area (Å²) in [5, 5.41) is 5.71. The van der Waals surface area contributed by atoms with Gasteiger partial charge in [-0.3, -0.25) is 4.79 Å². The summed E-state index contributed by atoms with van der Waals surface area (Å²) >= 11 is 0. The number of carbonyl (C=O) groups excluding carboxylic acids is 3. The van der Waals surface area contributed by atoms with Gasteiger partial charge in [0.2, 0.25) is 5.91 Å². The van der Waals surface area contributed by atoms with Crippen molar-refractivity contribution in [2.75, 3.05) is 31.4 Å². The standard InChI is InChI=1S/C28H35N3O5/c1-18-6-15-25(35-2)23(17-18)30-28(34)29-22-13-11-20(12-14-22)19-7-9-21(10-8-19)26(32)31-16-4-5-24(31)27(33)36-3/h6,11-15,17,19,21,24H,4-5,7-10,16H2,1-3H3,(H2,29,30,34). The molecule has 1 unspecified atom stereocenters. The minimum atomic E-state index is -0.426. The summed E-state index contributed by atoms with van der Waals surface area (Å²) in [6.07, 6.45) is 5.01. The Kier molecular flexibility index (Phi) is 8.13. The maximum atomic E-state index is 13.1. The van der Waals surface area contributed by atoms with E-state index < -0.39 is 6.04 Å². The Bertz CT molecular complexity index is 1090. The molecule has 4 rings (SSSR count). The van der Waals surface area contributed by atoms with Crippen LogP contribution in [0.25, 0.3) is 0 Å². The van der Waals surface area contributed by atoms with Gasteiger partial charge in [-0.1, -0.05) is 18.2 Å². The summed E-state index contributed by atoms with van der Waals surface area (Å²) in [5.74, 6) is 0.732. The number of nitrogens with zero attached hydrogens (tertiary/aromatic N) is 1. The molecular formula is C28H35N3O5. The van der Waals surface area contributed by atoms with Gasteiger partial charge < -0.3 is 25.0 Å². The third kappa shape index (κ3) is 5.80. The summed E-state index contributed by atoms with van der Waals surface area (Å²) in [4.78, 5) is 39.3. The Morgan fingerprint density at radius 3 is 2.31 bits per heavy atom. The van der Waals surface area contributed by atoms with Crippen molar-refractivity contribution in [1.29, 1.82) is 0 Å². The van der Waals surface area contributed by atoms with Gasteiger partial charge in [0.05, 0.1) is 19.9 Å². The molecule has 36 heavy (non-hydrogen) atoms. The van der Waals surface area contributed by atoms with Gasteiger partial charge in [-0.25, -0.2) is 9.59 Å². The van der Waals surface area contributed by atoms with Crippen LogP contribution in [-0.4, -0.2) is 49.6 Å². The van der Waals surface area contributed by atoms with Crippen LogP contribution in [0.2, 0.25) is 0 Å². The first kappa shape index (κ1) is 25.5. The van der Waals surface area contributed by atoms with Gasteiger partial charge in [-0.2, -0.15) is 0 Å². The molecule has 1 heterocycles. The highest BCUT2D eigenvalue weighted by molar-refractivity contribution is 6.00. The van der Waals surface area contributed by atoms with Crippen LogP contribution in [0, 0.1) is 12.8 Å². The molecule has 192 valence electrons. The summed E-state index contributed by atoms with van der Waals surface area (Å²) in [6, 6.07) is 12.8. The summed E-state index contributed by atoms with van der Waals surface area (Å²) in [5.41, 5.74) is 3.55. The molecule has 3 amide bonds. The first-order chi connectivity index (χ1) is 17.4. The fourth-order valence-corrected chi connectivity index (χ4v) is 5.36. The van der Waals surface area contributed by atoms with E-state index in [0.717, 1.165) is 37.7 Å². The van der Waals surface area contributed by atoms with Crippen molar-refractivity contribution >= 4 is 29.3 Å². The fourth-order valence-electron chi connectivity index (χ4n) is 5.36. The van der Waals surface area contributed by atoms with Crippen LogP contribution in [0.1, 0.15) is 55.6 Å². The molecule has 8 heteroatoms. The molecule has 8 nitrogen and oxygen atoms in total. The van der Waals surface area contributed by atoms with Gasteiger partial charge in [-0.15, -0.1) is 0 Å². The van der Waals surface area contributed by atoms with Crippen LogP contribution < -0.4 is 15.4 Å². The average Bonchev–Trinajstić information content (AvgIpc) is 3.38. The van der Waals surface area contributed by atoms with Crippen LogP contribution in [0.4, 0.5) is 16.2 Å². The van der Waals surface area contributed by atoms with Crippen molar-refractivity contribution < 1.29 is 23.9 Å². The van der Waals surface area contributed by atoms with Crippen molar-refractivity contribution in [3.8, 4) is 5.75 Å². The number of aryl methyl sites for hydroxylation is 1. The zero-order valence-electron chi connectivity index (χ0n) is 21.2. The molecular weight excluding hydrogens is 458 g/mol. The van der Waals surface area contributed by atoms with Gasteiger partial charge >= 0.3 is 12.0 Å². The third-order valence-corrected chi connectivity index (χ3v) is 7.33. The number of nitrogens with one attached hydrogen (secondary N) is 2. The number of carbonyl (C=O) groups is 3. The minimum absolute atomic E-state index is 0.0326. The first-order valence-electron chi connectivity index (χ1n) is 12.6. The Hall–Kier alpha value is -3.55. The van der Waals surface area contributed by atoms with Crippen molar-refractivity contribution in [2.24, 2.45) is 5.92 Å². The third-order valence-electron chi connectivity index (χ3n) is 7.33. The predicted molar refractivity (Wildman–Crippen MR) is 138 cm³/mol. The molecule has 2 aromatic rings. The summed E-state index contributed by atoms with van der Waals surface area (Å²) in [6.45, 7) is 2.59. The van der Waals surface area contributed by atoms with E-state index in [1.165, 1.54) is 12.7 Å². The molecule has 2 aromatic carbocycles. The van der Waals surface area contributed by atoms with E-state index in [-0.39, 0.29) is 23.8 Å². The second-order valence-corrected chi connectivity index (χ2v) is 9.67. The van der Waals surface area contributed by atoms with Gasteiger partial charge in [0.25, 0.3) is 0 Å². The number of hydrogen-bond acceptors (Lipinski definition) is 5. The number of methoxy groups -OCH3 is 2. The van der Waals surface area contributed by atoms with Crippen molar-refractivity contribution in [1.82, 2.24) is 4.90 Å². The van der Waals surface area contributed by atoms with E-state index in [2.05, 4.69) is 10.6 Å². The number of ether oxygens (including phenoxy) is 2. The second-order valence-electron chi connectivity index (χ2n) is 9.67. The van der Waals surface area contributed by atoms with E-state index in [1.54, 1.807) is 12.0 Å². The van der Waals surface area contributed by atoms with Crippen molar-refractivity contribution in [2.45, 2.75) is 57.4 Å². The highest BCUT2D eigenvalue weighted by atomic mass is 16.5. The Balaban J connectivity index is 1.29. The van der Waals surface area contributed by atoms with E-state index in [4.69, 9.17) is 9.47 Å². The smallest absolute Gasteiger partial charge is 0.328 e. The highest BCUT2D eigenvalue weighted by Crippen LogP contribution is 2.38. The number of likely N-dealkylation sites (tertiary alicyclic amines) is 1. The lowest BCUT2D eigenvalue weighted by Crippen LogP contribution is -2.44. The molecule has 0 aromatic heterocycles. The molecule has 0 spiro atoms. The monoisotopic (exact) mass is 493 g/mol. The van der Waals surface area contributed by atoms with Crippen LogP contribution in [-0.2, 0) is 14.3 Å². The van der Waals surface area contributed by atoms with E-state index in [0.29, 0.717) is 36.0 Å². The van der Waals surface area contributed by atoms with Gasteiger partial charge in [0.1, 0.15) is 11.8 Å². The zero-order chi connectivity index (χ0) is 25.7. The molecule has 1 aliphatic carbocycles. The molecule has 2 aliphatic rings. The highest BCUT2D eigenvalue weighted by Gasteiger charge is 2.38. The normalized spacial score (nSPS) is 21.5. The SMILES string of the molecule is COC(=O)C1CCCN1C(=O)C1CCC(c2ccc(NC(=O)Nc3cc(C)ccc3OC)cc2)CC1. The molecule has 2 N–H and O–H groups in total. The lowest BCUT2D eigenvalue weighted by molar-refractivity contribution is -0.152. The Morgan fingerprint density at radius 1 is 0.917 bits per heavy atom. The number of hydrogen-bond donors (Lipinski definition) is 2. The second kappa shape index (κ2) is 11.5. The van der Waals surface area contributed by atoms with Crippen molar-refractivity contribution in [3.63, 3.8) is 0 Å². The number of amides is 3. The van der Waals surface area contributed by atoms with Crippen LogP contribution in [0.15, 0.2) is 42.5 Å². The fraction of sp³-hybridized carbons (Fsp3) is 0.464. The topological polar surface area (TPSA) is 97.0 Å². The molecule has 1 atom stereocenters. The van der Waals surface area contributed by atoms with E-state index >= 15 is 0 Å². The largest absolute Gasteiger partial charge is 0.495 e. The lowest BCUT2D eigenvalue weighted by atomic mass is 9.78. The van der Waals surface area contributed by atoms with Crippen LogP contribution in [0.3, 0.4) is 0 Å². The summed E-state index contributed by atoms with van der Waals surface area (Å²) < 4.78 is 10.2. The van der Waals surface area contributed by atoms with Gasteiger partial charge in [0.15, 0.2) is 0 Å². The van der Waals surface area contributed by atoms with Crippen molar-refractivity contribution in [3.05, 3.63) is 53.6 Å². The average molecular weight is 494 g/mol. The molecule has 1 saturated heterocycles. The Labute approximate surface area is 212 Å². The number of esters is 1. The molecule has 1 aliphatic heterocycles. The lowest BCUT2D eigenvalue weighted by Gasteiger charge is -2.32. The van der Waals surface area contributed by atoms with Crippen LogP contribution >= 0.6 is 0 Å². The van der Waals surface area contributed by atoms with E-state index in [1.807, 2.05) is 49.4 Å². The predicted octanol–water partition coefficient (Wildman–Crippen LogP) is 5.09.